The van der Waals surface area contributed by atoms with Gasteiger partial charge in [0.05, 0.1) is 5.56 Å². The molecule has 1 fully saturated rings. The van der Waals surface area contributed by atoms with Gasteiger partial charge in [-0.25, -0.2) is 0 Å². The Kier molecular flexibility index (Phi) is 5.72. The normalized spacial score (nSPS) is 19.8. The quantitative estimate of drug-likeness (QED) is 0.812. The molecule has 0 unspecified atom stereocenters. The standard InChI is InChI=1S/C17H21F3N2O3/c1-21(2)7-8-22(10-15(23)24)16(25)13-9-12(13)11-5-3-4-6-14(11)17(18,19)20/h3-6,12-13H,7-10H2,1-2H3,(H,23,24)/t12-,13-/m1/s1. The first-order valence-corrected chi connectivity index (χ1v) is 7.92. The van der Waals surface area contributed by atoms with Crippen molar-refractivity contribution in [2.24, 2.45) is 5.92 Å². The Bertz CT molecular complexity index is 646. The van der Waals surface area contributed by atoms with Gasteiger partial charge in [-0.3, -0.25) is 9.59 Å². The molecule has 1 aromatic rings. The molecule has 138 valence electrons. The first kappa shape index (κ1) is 19.2. The molecule has 2 rings (SSSR count). The molecule has 1 saturated carbocycles. The van der Waals surface area contributed by atoms with E-state index < -0.39 is 42.0 Å². The molecule has 5 nitrogen and oxygen atoms in total. The monoisotopic (exact) mass is 358 g/mol. The number of hydrogen-bond donors (Lipinski definition) is 1. The van der Waals surface area contributed by atoms with Gasteiger partial charge in [0.2, 0.25) is 5.91 Å². The maximum absolute atomic E-state index is 13.1. The third kappa shape index (κ3) is 4.94. The maximum atomic E-state index is 13.1. The van der Waals surface area contributed by atoms with Crippen molar-refractivity contribution in [1.82, 2.24) is 9.80 Å². The summed E-state index contributed by atoms with van der Waals surface area (Å²) < 4.78 is 39.4. The molecule has 8 heteroatoms. The fraction of sp³-hybridized carbons (Fsp3) is 0.529. The SMILES string of the molecule is CN(C)CCN(CC(=O)O)C(=O)[C@@H]1C[C@@H]1c1ccccc1C(F)(F)F. The number of likely N-dealkylation sites (N-methyl/N-ethyl adjacent to an activating group) is 1. The number of hydrogen-bond acceptors (Lipinski definition) is 3. The van der Waals surface area contributed by atoms with E-state index in [9.17, 15) is 22.8 Å². The van der Waals surface area contributed by atoms with Crippen molar-refractivity contribution < 1.29 is 27.9 Å². The largest absolute Gasteiger partial charge is 0.480 e. The van der Waals surface area contributed by atoms with E-state index >= 15 is 0 Å². The predicted molar refractivity (Wildman–Crippen MR) is 85.1 cm³/mol. The Labute approximate surface area is 144 Å². The lowest BCUT2D eigenvalue weighted by Crippen LogP contribution is -2.41. The van der Waals surface area contributed by atoms with Crippen molar-refractivity contribution >= 4 is 11.9 Å². The number of carboxylic acid groups (broad SMARTS) is 1. The number of amides is 1. The summed E-state index contributed by atoms with van der Waals surface area (Å²) in [5.41, 5.74) is -0.621. The first-order chi connectivity index (χ1) is 11.6. The predicted octanol–water partition coefficient (Wildman–Crippen LogP) is 2.28. The number of aliphatic carboxylic acids is 1. The van der Waals surface area contributed by atoms with Gasteiger partial charge in [0.1, 0.15) is 6.54 Å². The molecule has 1 amide bonds. The third-order valence-electron chi connectivity index (χ3n) is 4.23. The minimum absolute atomic E-state index is 0.108. The van der Waals surface area contributed by atoms with Crippen LogP contribution in [-0.4, -0.2) is 60.5 Å². The van der Waals surface area contributed by atoms with Gasteiger partial charge >= 0.3 is 12.1 Å². The number of rotatable bonds is 7. The van der Waals surface area contributed by atoms with Crippen LogP contribution in [0.15, 0.2) is 24.3 Å². The van der Waals surface area contributed by atoms with Gasteiger partial charge < -0.3 is 14.9 Å². The number of carbonyl (C=O) groups is 2. The smallest absolute Gasteiger partial charge is 0.416 e. The Hall–Kier alpha value is -2.09. The lowest BCUT2D eigenvalue weighted by atomic mass is 10.0. The molecule has 2 atom stereocenters. The summed E-state index contributed by atoms with van der Waals surface area (Å²) >= 11 is 0. The highest BCUT2D eigenvalue weighted by Crippen LogP contribution is 2.51. The van der Waals surface area contributed by atoms with Crippen LogP contribution in [0.4, 0.5) is 13.2 Å². The third-order valence-corrected chi connectivity index (χ3v) is 4.23. The summed E-state index contributed by atoms with van der Waals surface area (Å²) in [6.07, 6.45) is -4.16. The van der Waals surface area contributed by atoms with E-state index in [1.54, 1.807) is 14.1 Å². The molecule has 0 heterocycles. The molecule has 1 N–H and O–H groups in total. The van der Waals surface area contributed by atoms with Gasteiger partial charge in [0, 0.05) is 19.0 Å². The van der Waals surface area contributed by atoms with Gasteiger partial charge in [-0.2, -0.15) is 13.2 Å². The summed E-state index contributed by atoms with van der Waals surface area (Å²) in [6, 6.07) is 5.24. The number of carboxylic acids is 1. The number of carbonyl (C=O) groups excluding carboxylic acids is 1. The minimum atomic E-state index is -4.47. The second-order valence-corrected chi connectivity index (χ2v) is 6.49. The molecule has 0 saturated heterocycles. The lowest BCUT2D eigenvalue weighted by molar-refractivity contribution is -0.145. The van der Waals surface area contributed by atoms with Gasteiger partial charge in [-0.15, -0.1) is 0 Å². The highest BCUT2D eigenvalue weighted by molar-refractivity contribution is 5.86. The summed E-state index contributed by atoms with van der Waals surface area (Å²) in [4.78, 5) is 26.6. The van der Waals surface area contributed by atoms with Crippen molar-refractivity contribution in [2.45, 2.75) is 18.5 Å². The maximum Gasteiger partial charge on any atom is 0.416 e. The Morgan fingerprint density at radius 3 is 2.40 bits per heavy atom. The van der Waals surface area contributed by atoms with E-state index in [1.165, 1.54) is 23.1 Å². The van der Waals surface area contributed by atoms with E-state index in [1.807, 2.05) is 4.90 Å². The Balaban J connectivity index is 2.13. The average Bonchev–Trinajstić information content (AvgIpc) is 3.30. The van der Waals surface area contributed by atoms with Crippen molar-refractivity contribution in [1.29, 1.82) is 0 Å². The molecule has 25 heavy (non-hydrogen) atoms. The molecular weight excluding hydrogens is 337 g/mol. The molecule has 0 radical (unpaired) electrons. The zero-order valence-electron chi connectivity index (χ0n) is 14.1. The van der Waals surface area contributed by atoms with Crippen LogP contribution in [0.3, 0.4) is 0 Å². The zero-order valence-corrected chi connectivity index (χ0v) is 14.1. The summed E-state index contributed by atoms with van der Waals surface area (Å²) in [5, 5.41) is 8.98. The van der Waals surface area contributed by atoms with Crippen LogP contribution in [0, 0.1) is 5.92 Å². The second-order valence-electron chi connectivity index (χ2n) is 6.49. The van der Waals surface area contributed by atoms with E-state index in [0.29, 0.717) is 13.0 Å². The molecule has 1 aliphatic carbocycles. The average molecular weight is 358 g/mol. The van der Waals surface area contributed by atoms with E-state index in [4.69, 9.17) is 5.11 Å². The highest BCUT2D eigenvalue weighted by Gasteiger charge is 2.49. The Morgan fingerprint density at radius 2 is 1.84 bits per heavy atom. The van der Waals surface area contributed by atoms with Gasteiger partial charge in [-0.1, -0.05) is 18.2 Å². The minimum Gasteiger partial charge on any atom is -0.480 e. The molecule has 0 aliphatic heterocycles. The molecule has 1 aromatic carbocycles. The van der Waals surface area contributed by atoms with Crippen LogP contribution in [0.5, 0.6) is 0 Å². The van der Waals surface area contributed by atoms with Crippen molar-refractivity contribution in [3.05, 3.63) is 35.4 Å². The second kappa shape index (κ2) is 7.43. The lowest BCUT2D eigenvalue weighted by Gasteiger charge is -2.23. The number of alkyl halides is 3. The number of halogens is 3. The molecule has 1 aliphatic rings. The van der Waals surface area contributed by atoms with Crippen molar-refractivity contribution in [3.63, 3.8) is 0 Å². The fourth-order valence-electron chi connectivity index (χ4n) is 2.88. The summed E-state index contributed by atoms with van der Waals surface area (Å²) in [5.74, 6) is -2.64. The van der Waals surface area contributed by atoms with Crippen LogP contribution >= 0.6 is 0 Å². The van der Waals surface area contributed by atoms with Crippen LogP contribution in [0.25, 0.3) is 0 Å². The van der Waals surface area contributed by atoms with E-state index in [2.05, 4.69) is 0 Å². The number of nitrogens with zero attached hydrogens (tertiary/aromatic N) is 2. The van der Waals surface area contributed by atoms with Gasteiger partial charge in [0.15, 0.2) is 0 Å². The summed E-state index contributed by atoms with van der Waals surface area (Å²) in [7, 11) is 3.59. The zero-order chi connectivity index (χ0) is 18.8. The highest BCUT2D eigenvalue weighted by atomic mass is 19.4. The van der Waals surface area contributed by atoms with Crippen LogP contribution in [-0.2, 0) is 15.8 Å². The first-order valence-electron chi connectivity index (χ1n) is 7.92. The van der Waals surface area contributed by atoms with Gasteiger partial charge in [0.25, 0.3) is 0 Å². The summed E-state index contributed by atoms with van der Waals surface area (Å²) in [6.45, 7) is 0.259. The molecule has 0 spiro atoms. The molecule has 0 bridgehead atoms. The van der Waals surface area contributed by atoms with E-state index in [0.717, 1.165) is 6.07 Å². The van der Waals surface area contributed by atoms with Crippen molar-refractivity contribution in [3.8, 4) is 0 Å². The number of benzene rings is 1. The topological polar surface area (TPSA) is 60.9 Å². The van der Waals surface area contributed by atoms with Crippen LogP contribution in [0.2, 0.25) is 0 Å². The van der Waals surface area contributed by atoms with Crippen LogP contribution in [0.1, 0.15) is 23.5 Å². The van der Waals surface area contributed by atoms with Crippen LogP contribution < -0.4 is 0 Å². The molecule has 0 aromatic heterocycles. The van der Waals surface area contributed by atoms with Crippen molar-refractivity contribution in [2.75, 3.05) is 33.7 Å². The fourth-order valence-corrected chi connectivity index (χ4v) is 2.88. The molecular formula is C17H21F3N2O3. The van der Waals surface area contributed by atoms with E-state index in [-0.39, 0.29) is 12.1 Å². The van der Waals surface area contributed by atoms with Gasteiger partial charge in [-0.05, 0) is 38.1 Å². The Morgan fingerprint density at radius 1 is 1.20 bits per heavy atom.